The van der Waals surface area contributed by atoms with Crippen molar-refractivity contribution in [3.63, 3.8) is 0 Å². The van der Waals surface area contributed by atoms with E-state index >= 15 is 0 Å². The predicted molar refractivity (Wildman–Crippen MR) is 121 cm³/mol. The molecule has 3 heterocycles. The molecule has 0 unspecified atom stereocenters. The van der Waals surface area contributed by atoms with Crippen molar-refractivity contribution in [2.24, 2.45) is 14.1 Å². The maximum atomic E-state index is 13.1. The second-order valence-corrected chi connectivity index (χ2v) is 8.05. The first-order valence-electron chi connectivity index (χ1n) is 10.5. The molecule has 1 aliphatic rings. The van der Waals surface area contributed by atoms with E-state index in [0.717, 1.165) is 40.4 Å². The molecule has 1 atom stereocenters. The fourth-order valence-electron chi connectivity index (χ4n) is 4.35. The van der Waals surface area contributed by atoms with E-state index in [1.807, 2.05) is 22.8 Å². The van der Waals surface area contributed by atoms with Gasteiger partial charge >= 0.3 is 5.69 Å². The van der Waals surface area contributed by atoms with E-state index in [-0.39, 0.29) is 11.7 Å². The van der Waals surface area contributed by atoms with Gasteiger partial charge in [-0.25, -0.2) is 4.79 Å². The molecule has 0 saturated carbocycles. The molecule has 0 aliphatic carbocycles. The molecule has 1 fully saturated rings. The Bertz CT molecular complexity index is 1390. The molecule has 2 aromatic heterocycles. The quantitative estimate of drug-likeness (QED) is 0.536. The molecule has 2 aromatic carbocycles. The van der Waals surface area contributed by atoms with E-state index in [0.29, 0.717) is 30.2 Å². The van der Waals surface area contributed by atoms with Crippen LogP contribution in [-0.2, 0) is 25.4 Å². The number of benzene rings is 2. The fourth-order valence-corrected chi connectivity index (χ4v) is 4.35. The Balaban J connectivity index is 1.67. The minimum absolute atomic E-state index is 0.123. The molecule has 0 spiro atoms. The molecule has 0 amide bonds. The van der Waals surface area contributed by atoms with Crippen LogP contribution in [0.2, 0.25) is 0 Å². The second-order valence-electron chi connectivity index (χ2n) is 8.05. The smallest absolute Gasteiger partial charge is 0.332 e. The van der Waals surface area contributed by atoms with Crippen LogP contribution in [-0.4, -0.2) is 37.9 Å². The number of nitrogens with one attached hydrogen (secondary N) is 1. The summed E-state index contributed by atoms with van der Waals surface area (Å²) in [5.41, 5.74) is 1.12. The topological polar surface area (TPSA) is 83.1 Å². The van der Waals surface area contributed by atoms with Crippen molar-refractivity contribution in [1.82, 2.24) is 18.7 Å². The van der Waals surface area contributed by atoms with Gasteiger partial charge in [0.05, 0.1) is 12.6 Å². The van der Waals surface area contributed by atoms with Gasteiger partial charge in [-0.2, -0.15) is 4.98 Å². The lowest BCUT2D eigenvalue weighted by atomic mass is 10.0. The van der Waals surface area contributed by atoms with Crippen LogP contribution in [0.1, 0.15) is 18.4 Å². The van der Waals surface area contributed by atoms with Crippen molar-refractivity contribution in [2.75, 3.05) is 18.5 Å². The molecule has 5 rings (SSSR count). The van der Waals surface area contributed by atoms with E-state index in [4.69, 9.17) is 4.74 Å². The zero-order valence-corrected chi connectivity index (χ0v) is 17.7. The Hall–Kier alpha value is -3.39. The van der Waals surface area contributed by atoms with E-state index < -0.39 is 5.69 Å². The van der Waals surface area contributed by atoms with Crippen LogP contribution in [0, 0.1) is 0 Å². The fraction of sp³-hybridized carbons (Fsp3) is 0.348. The van der Waals surface area contributed by atoms with Gasteiger partial charge in [-0.3, -0.25) is 18.5 Å². The molecule has 4 aromatic rings. The van der Waals surface area contributed by atoms with Crippen LogP contribution >= 0.6 is 0 Å². The zero-order valence-electron chi connectivity index (χ0n) is 17.7. The molecule has 8 heteroatoms. The lowest BCUT2D eigenvalue weighted by Gasteiger charge is -2.15. The first-order valence-corrected chi connectivity index (χ1v) is 10.5. The lowest BCUT2D eigenvalue weighted by molar-refractivity contribution is 0.120. The van der Waals surface area contributed by atoms with Gasteiger partial charge in [0.2, 0.25) is 5.95 Å². The number of ether oxygens (including phenoxy) is 1. The van der Waals surface area contributed by atoms with Gasteiger partial charge in [-0.15, -0.1) is 0 Å². The predicted octanol–water partition coefficient (Wildman–Crippen LogP) is 2.23. The second kappa shape index (κ2) is 7.70. The summed E-state index contributed by atoms with van der Waals surface area (Å²) >= 11 is 0. The van der Waals surface area contributed by atoms with Gasteiger partial charge in [0.15, 0.2) is 11.2 Å². The molecule has 160 valence electrons. The third-order valence-electron chi connectivity index (χ3n) is 6.07. The van der Waals surface area contributed by atoms with E-state index in [2.05, 4.69) is 34.6 Å². The number of imidazole rings is 1. The maximum Gasteiger partial charge on any atom is 0.332 e. The van der Waals surface area contributed by atoms with Crippen LogP contribution in [0.3, 0.4) is 0 Å². The average Bonchev–Trinajstić information content (AvgIpc) is 3.43. The Morgan fingerprint density at radius 3 is 2.71 bits per heavy atom. The van der Waals surface area contributed by atoms with Crippen molar-refractivity contribution in [2.45, 2.75) is 25.5 Å². The molecule has 0 bridgehead atoms. The lowest BCUT2D eigenvalue weighted by Crippen LogP contribution is -2.37. The van der Waals surface area contributed by atoms with Crippen LogP contribution in [0.15, 0.2) is 52.1 Å². The maximum absolute atomic E-state index is 13.1. The number of aryl methyl sites for hydroxylation is 1. The van der Waals surface area contributed by atoms with Crippen molar-refractivity contribution in [1.29, 1.82) is 0 Å². The Kier molecular flexibility index (Phi) is 4.86. The number of aromatic nitrogens is 4. The summed E-state index contributed by atoms with van der Waals surface area (Å²) in [6.45, 7) is 1.83. The Morgan fingerprint density at radius 1 is 1.10 bits per heavy atom. The highest BCUT2D eigenvalue weighted by Gasteiger charge is 2.21. The van der Waals surface area contributed by atoms with Crippen molar-refractivity contribution < 1.29 is 4.74 Å². The van der Waals surface area contributed by atoms with Crippen molar-refractivity contribution in [3.8, 4) is 0 Å². The van der Waals surface area contributed by atoms with Gasteiger partial charge < -0.3 is 10.1 Å². The number of rotatable bonds is 5. The van der Waals surface area contributed by atoms with Gasteiger partial charge in [0, 0.05) is 27.2 Å². The summed E-state index contributed by atoms with van der Waals surface area (Å²) in [5.74, 6) is 0.566. The monoisotopic (exact) mass is 419 g/mol. The first kappa shape index (κ1) is 19.6. The third kappa shape index (κ3) is 3.33. The highest BCUT2D eigenvalue weighted by molar-refractivity contribution is 5.86. The highest BCUT2D eigenvalue weighted by atomic mass is 16.5. The number of anilines is 1. The van der Waals surface area contributed by atoms with E-state index in [9.17, 15) is 9.59 Å². The van der Waals surface area contributed by atoms with Crippen molar-refractivity contribution >= 4 is 27.9 Å². The summed E-state index contributed by atoms with van der Waals surface area (Å²) in [6.07, 6.45) is 2.17. The average molecular weight is 419 g/mol. The summed E-state index contributed by atoms with van der Waals surface area (Å²) in [6, 6.07) is 14.3. The Labute approximate surface area is 178 Å². The number of hydrogen-bond acceptors (Lipinski definition) is 5. The van der Waals surface area contributed by atoms with Crippen LogP contribution in [0.5, 0.6) is 0 Å². The molecule has 8 nitrogen and oxygen atoms in total. The number of fused-ring (bicyclic) bond motifs is 2. The standard InChI is InChI=1S/C23H25N5O3/c1-26-20-19(21(29)27(2)23(26)30)28(22(25-20)24-13-17-10-6-12-31-17)14-16-9-5-8-15-7-3-4-11-18(15)16/h3-5,7-9,11,17H,6,10,12-14H2,1-2H3,(H,24,25)/t17-/m1/s1. The molecule has 1 N–H and O–H groups in total. The largest absolute Gasteiger partial charge is 0.376 e. The van der Waals surface area contributed by atoms with Crippen LogP contribution < -0.4 is 16.6 Å². The number of hydrogen-bond donors (Lipinski definition) is 1. The SMILES string of the molecule is Cn1c(=O)c2c(nc(NC[C@H]3CCCO3)n2Cc2cccc3ccccc23)n(C)c1=O. The Morgan fingerprint density at radius 2 is 1.90 bits per heavy atom. The summed E-state index contributed by atoms with van der Waals surface area (Å²) < 4.78 is 10.2. The molecule has 0 radical (unpaired) electrons. The molecule has 31 heavy (non-hydrogen) atoms. The summed E-state index contributed by atoms with van der Waals surface area (Å²) in [5, 5.41) is 5.63. The zero-order chi connectivity index (χ0) is 21.5. The van der Waals surface area contributed by atoms with E-state index in [1.165, 1.54) is 11.6 Å². The van der Waals surface area contributed by atoms with Crippen LogP contribution in [0.4, 0.5) is 5.95 Å². The van der Waals surface area contributed by atoms with Crippen LogP contribution in [0.25, 0.3) is 21.9 Å². The van der Waals surface area contributed by atoms with Gasteiger partial charge in [-0.05, 0) is 29.2 Å². The van der Waals surface area contributed by atoms with Gasteiger partial charge in [0.1, 0.15) is 0 Å². The summed E-state index contributed by atoms with van der Waals surface area (Å²) in [7, 11) is 3.14. The minimum Gasteiger partial charge on any atom is -0.376 e. The molecular formula is C23H25N5O3. The van der Waals surface area contributed by atoms with E-state index in [1.54, 1.807) is 7.05 Å². The van der Waals surface area contributed by atoms with Gasteiger partial charge in [0.25, 0.3) is 5.56 Å². The minimum atomic E-state index is -0.391. The molecule has 1 aliphatic heterocycles. The van der Waals surface area contributed by atoms with Crippen molar-refractivity contribution in [3.05, 3.63) is 68.9 Å². The number of nitrogens with zero attached hydrogens (tertiary/aromatic N) is 4. The third-order valence-corrected chi connectivity index (χ3v) is 6.07. The normalized spacial score (nSPS) is 16.4. The highest BCUT2D eigenvalue weighted by Crippen LogP contribution is 2.24. The summed E-state index contributed by atoms with van der Waals surface area (Å²) in [4.78, 5) is 30.2. The first-order chi connectivity index (χ1) is 15.0. The molecule has 1 saturated heterocycles. The van der Waals surface area contributed by atoms with Gasteiger partial charge in [-0.1, -0.05) is 42.5 Å². The molecular weight excluding hydrogens is 394 g/mol.